The third kappa shape index (κ3) is 2.92. The first-order chi connectivity index (χ1) is 9.03. The minimum absolute atomic E-state index is 0.0650. The van der Waals surface area contributed by atoms with Crippen LogP contribution in [0.1, 0.15) is 11.1 Å². The molecule has 0 aliphatic rings. The minimum atomic E-state index is -4.00. The van der Waals surface area contributed by atoms with Crippen molar-refractivity contribution in [2.75, 3.05) is 0 Å². The smallest absolute Gasteiger partial charge is 0.340 e. The minimum Gasteiger partial charge on any atom is -0.379 e. The van der Waals surface area contributed by atoms with E-state index in [2.05, 4.69) is 0 Å². The summed E-state index contributed by atoms with van der Waals surface area (Å²) in [6.07, 6.45) is 0. The quantitative estimate of drug-likeness (QED) is 0.806. The molecule has 0 amide bonds. The van der Waals surface area contributed by atoms with Gasteiger partial charge >= 0.3 is 10.1 Å². The first-order valence-corrected chi connectivity index (χ1v) is 6.94. The molecule has 4 nitrogen and oxygen atoms in total. The molecule has 0 aliphatic heterocycles. The topological polar surface area (TPSA) is 67.2 Å². The molecule has 0 fully saturated rings. The molecule has 0 bridgehead atoms. The van der Waals surface area contributed by atoms with Crippen molar-refractivity contribution in [1.82, 2.24) is 0 Å². The van der Waals surface area contributed by atoms with Crippen LogP contribution in [0.2, 0.25) is 0 Å². The molecule has 0 atom stereocenters. The Kier molecular flexibility index (Phi) is 3.54. The molecular formula is C14H11NO3S. The van der Waals surface area contributed by atoms with Crippen molar-refractivity contribution in [3.63, 3.8) is 0 Å². The van der Waals surface area contributed by atoms with Crippen LogP contribution in [0, 0.1) is 18.3 Å². The van der Waals surface area contributed by atoms with Gasteiger partial charge in [-0.05, 0) is 36.8 Å². The zero-order valence-electron chi connectivity index (χ0n) is 10.2. The molecule has 0 radical (unpaired) electrons. The van der Waals surface area contributed by atoms with Gasteiger partial charge in [0, 0.05) is 0 Å². The fourth-order valence-electron chi connectivity index (χ4n) is 1.62. The lowest BCUT2D eigenvalue weighted by atomic mass is 10.2. The van der Waals surface area contributed by atoms with Crippen molar-refractivity contribution < 1.29 is 12.6 Å². The normalized spacial score (nSPS) is 10.7. The molecule has 2 rings (SSSR count). The molecule has 0 unspecified atom stereocenters. The summed E-state index contributed by atoms with van der Waals surface area (Å²) in [7, 11) is -4.00. The van der Waals surface area contributed by atoms with Crippen molar-refractivity contribution in [2.24, 2.45) is 0 Å². The van der Waals surface area contributed by atoms with Gasteiger partial charge in [-0.3, -0.25) is 0 Å². The maximum atomic E-state index is 12.1. The SMILES string of the molecule is Cc1cccc(OS(=O)(=O)c2ccccc2C#N)c1. The maximum Gasteiger partial charge on any atom is 0.340 e. The second-order valence-corrected chi connectivity index (χ2v) is 5.48. The largest absolute Gasteiger partial charge is 0.379 e. The Morgan fingerprint density at radius 1 is 1.11 bits per heavy atom. The standard InChI is InChI=1S/C14H11NO3S/c1-11-5-4-7-13(9-11)18-19(16,17)14-8-3-2-6-12(14)10-15/h2-9H,1H3. The van der Waals surface area contributed by atoms with Gasteiger partial charge in [0.2, 0.25) is 0 Å². The number of hydrogen-bond donors (Lipinski definition) is 0. The van der Waals surface area contributed by atoms with Crippen molar-refractivity contribution in [3.05, 3.63) is 59.7 Å². The van der Waals surface area contributed by atoms with Crippen molar-refractivity contribution >= 4 is 10.1 Å². The Bertz CT molecular complexity index is 745. The number of nitrogens with zero attached hydrogens (tertiary/aromatic N) is 1. The molecule has 0 aliphatic carbocycles. The summed E-state index contributed by atoms with van der Waals surface area (Å²) in [5.74, 6) is 0.229. The lowest BCUT2D eigenvalue weighted by Crippen LogP contribution is -2.11. The van der Waals surface area contributed by atoms with E-state index in [0.29, 0.717) is 0 Å². The second kappa shape index (κ2) is 5.12. The molecule has 0 aromatic heterocycles. The zero-order chi connectivity index (χ0) is 13.9. The van der Waals surface area contributed by atoms with Gasteiger partial charge in [0.25, 0.3) is 0 Å². The van der Waals surface area contributed by atoms with E-state index in [1.165, 1.54) is 12.1 Å². The number of aryl methyl sites for hydroxylation is 1. The summed E-state index contributed by atoms with van der Waals surface area (Å²) in [6.45, 7) is 1.84. The second-order valence-electron chi connectivity index (χ2n) is 3.96. The Hall–Kier alpha value is -2.32. The molecule has 0 spiro atoms. The van der Waals surface area contributed by atoms with Crippen LogP contribution in [0.15, 0.2) is 53.4 Å². The van der Waals surface area contributed by atoms with Gasteiger partial charge < -0.3 is 4.18 Å². The van der Waals surface area contributed by atoms with Gasteiger partial charge in [-0.2, -0.15) is 13.7 Å². The van der Waals surface area contributed by atoms with Crippen LogP contribution < -0.4 is 4.18 Å². The number of hydrogen-bond acceptors (Lipinski definition) is 4. The highest BCUT2D eigenvalue weighted by Gasteiger charge is 2.20. The monoisotopic (exact) mass is 273 g/mol. The van der Waals surface area contributed by atoms with E-state index in [4.69, 9.17) is 9.44 Å². The summed E-state index contributed by atoms with van der Waals surface area (Å²) in [5, 5.41) is 8.92. The summed E-state index contributed by atoms with van der Waals surface area (Å²) in [5.41, 5.74) is 0.955. The highest BCUT2D eigenvalue weighted by Crippen LogP contribution is 2.21. The maximum absolute atomic E-state index is 12.1. The molecule has 96 valence electrons. The van der Waals surface area contributed by atoms with E-state index in [1.54, 1.807) is 30.3 Å². The van der Waals surface area contributed by atoms with Gasteiger partial charge in [-0.15, -0.1) is 0 Å². The number of benzene rings is 2. The van der Waals surface area contributed by atoms with Crippen molar-refractivity contribution in [1.29, 1.82) is 5.26 Å². The van der Waals surface area contributed by atoms with Crippen LogP contribution in [0.25, 0.3) is 0 Å². The van der Waals surface area contributed by atoms with Crippen molar-refractivity contribution in [3.8, 4) is 11.8 Å². The van der Waals surface area contributed by atoms with Gasteiger partial charge in [-0.25, -0.2) is 0 Å². The average molecular weight is 273 g/mol. The third-order valence-electron chi connectivity index (χ3n) is 2.47. The molecule has 2 aromatic rings. The van der Waals surface area contributed by atoms with Crippen LogP contribution >= 0.6 is 0 Å². The van der Waals surface area contributed by atoms with E-state index < -0.39 is 10.1 Å². The lowest BCUT2D eigenvalue weighted by molar-refractivity contribution is 0.485. The molecule has 0 heterocycles. The predicted octanol–water partition coefficient (Wildman–Crippen LogP) is 2.63. The third-order valence-corrected chi connectivity index (χ3v) is 3.78. The average Bonchev–Trinajstić information content (AvgIpc) is 2.38. The molecule has 0 saturated heterocycles. The van der Waals surface area contributed by atoms with Gasteiger partial charge in [0.1, 0.15) is 16.7 Å². The van der Waals surface area contributed by atoms with E-state index in [-0.39, 0.29) is 16.2 Å². The molecule has 5 heteroatoms. The fourth-order valence-corrected chi connectivity index (χ4v) is 2.69. The Labute approximate surface area is 112 Å². The predicted molar refractivity (Wildman–Crippen MR) is 70.1 cm³/mol. The van der Waals surface area contributed by atoms with Gasteiger partial charge in [0.15, 0.2) is 0 Å². The lowest BCUT2D eigenvalue weighted by Gasteiger charge is -2.08. The Morgan fingerprint density at radius 3 is 2.53 bits per heavy atom. The Morgan fingerprint density at radius 2 is 1.84 bits per heavy atom. The summed E-state index contributed by atoms with van der Waals surface area (Å²) >= 11 is 0. The molecular weight excluding hydrogens is 262 g/mol. The highest BCUT2D eigenvalue weighted by atomic mass is 32.2. The van der Waals surface area contributed by atoms with Crippen LogP contribution in [-0.2, 0) is 10.1 Å². The van der Waals surface area contributed by atoms with Crippen molar-refractivity contribution in [2.45, 2.75) is 11.8 Å². The first-order valence-electron chi connectivity index (χ1n) is 5.53. The van der Waals surface area contributed by atoms with Crippen LogP contribution in [0.4, 0.5) is 0 Å². The van der Waals surface area contributed by atoms with E-state index >= 15 is 0 Å². The van der Waals surface area contributed by atoms with Gasteiger partial charge in [0.05, 0.1) is 5.56 Å². The summed E-state index contributed by atoms with van der Waals surface area (Å²) in [4.78, 5) is -0.126. The molecule has 2 aromatic carbocycles. The number of rotatable bonds is 3. The first kappa shape index (κ1) is 13.1. The summed E-state index contributed by atoms with van der Waals surface area (Å²) in [6, 6.07) is 14.5. The van der Waals surface area contributed by atoms with Gasteiger partial charge in [-0.1, -0.05) is 24.3 Å². The van der Waals surface area contributed by atoms with E-state index in [9.17, 15) is 8.42 Å². The van der Waals surface area contributed by atoms with Crippen LogP contribution in [-0.4, -0.2) is 8.42 Å². The van der Waals surface area contributed by atoms with E-state index in [1.807, 2.05) is 19.1 Å². The molecule has 19 heavy (non-hydrogen) atoms. The number of nitriles is 1. The van der Waals surface area contributed by atoms with E-state index in [0.717, 1.165) is 5.56 Å². The van der Waals surface area contributed by atoms with Crippen LogP contribution in [0.5, 0.6) is 5.75 Å². The highest BCUT2D eigenvalue weighted by molar-refractivity contribution is 7.87. The Balaban J connectivity index is 2.41. The molecule has 0 N–H and O–H groups in total. The fraction of sp³-hybridized carbons (Fsp3) is 0.0714. The molecule has 0 saturated carbocycles. The zero-order valence-corrected chi connectivity index (χ0v) is 11.0. The van der Waals surface area contributed by atoms with Crippen LogP contribution in [0.3, 0.4) is 0 Å². The summed E-state index contributed by atoms with van der Waals surface area (Å²) < 4.78 is 29.3.